The quantitative estimate of drug-likeness (QED) is 0.511. The summed E-state index contributed by atoms with van der Waals surface area (Å²) in [4.78, 5) is 31.0. The van der Waals surface area contributed by atoms with Crippen molar-refractivity contribution in [1.29, 1.82) is 0 Å². The molecule has 0 bridgehead atoms. The summed E-state index contributed by atoms with van der Waals surface area (Å²) in [5.41, 5.74) is 6.94. The summed E-state index contributed by atoms with van der Waals surface area (Å²) in [5.74, 6) is 0. The molecule has 0 spiro atoms. The highest BCUT2D eigenvalue weighted by molar-refractivity contribution is 7.60. The van der Waals surface area contributed by atoms with Gasteiger partial charge in [0.05, 0.1) is 0 Å². The Morgan fingerprint density at radius 3 is 1.79 bits per heavy atom. The summed E-state index contributed by atoms with van der Waals surface area (Å²) in [6.07, 6.45) is 0.973. The molecule has 110 valence electrons. The van der Waals surface area contributed by atoms with E-state index >= 15 is 0 Å². The lowest BCUT2D eigenvalue weighted by atomic mass is 10.1. The second kappa shape index (κ2) is 7.89. The first-order valence-electron chi connectivity index (χ1n) is 5.11. The second-order valence-electron chi connectivity index (χ2n) is 3.73. The van der Waals surface area contributed by atoms with Crippen molar-refractivity contribution in [3.63, 3.8) is 0 Å². The van der Waals surface area contributed by atoms with Crippen LogP contribution in [-0.4, -0.2) is 25.6 Å². The third kappa shape index (κ3) is 13.7. The van der Waals surface area contributed by atoms with E-state index in [0.717, 1.165) is 6.42 Å². The van der Waals surface area contributed by atoms with E-state index in [-0.39, 0.29) is 6.04 Å². The molecule has 19 heavy (non-hydrogen) atoms. The van der Waals surface area contributed by atoms with Gasteiger partial charge in [-0.3, -0.25) is 0 Å². The van der Waals surface area contributed by atoms with E-state index in [1.54, 1.807) is 0 Å². The Bertz CT molecular complexity index is 433. The van der Waals surface area contributed by atoms with Crippen molar-refractivity contribution < 1.29 is 33.0 Å². The van der Waals surface area contributed by atoms with Crippen LogP contribution >= 0.6 is 15.6 Å². The van der Waals surface area contributed by atoms with Crippen molar-refractivity contribution in [2.75, 3.05) is 0 Å². The van der Waals surface area contributed by atoms with Gasteiger partial charge in [0.25, 0.3) is 0 Å². The number of nitrogens with two attached hydrogens (primary N) is 1. The van der Waals surface area contributed by atoms with Crippen molar-refractivity contribution in [1.82, 2.24) is 0 Å². The summed E-state index contributed by atoms with van der Waals surface area (Å²) < 4.78 is 22.2. The fourth-order valence-electron chi connectivity index (χ4n) is 1.12. The number of benzene rings is 1. The standard InChI is InChI=1S/C9H13N.H4O7P2/c1-8(10)7-9-5-3-2-4-6-9;1-8(2,3)7-9(4,5)6/h2-6,8H,7,10H2,1H3;(H2,1,2,3)(H2,4,5,6). The molecule has 0 aromatic heterocycles. The number of rotatable bonds is 4. The Morgan fingerprint density at radius 1 is 1.11 bits per heavy atom. The molecule has 1 rings (SSSR count). The molecular formula is C9H17NO7P2. The Hall–Kier alpha value is -0.560. The van der Waals surface area contributed by atoms with Gasteiger partial charge < -0.3 is 25.3 Å². The van der Waals surface area contributed by atoms with Crippen LogP contribution in [0, 0.1) is 0 Å². The second-order valence-corrected chi connectivity index (χ2v) is 6.35. The largest absolute Gasteiger partial charge is 0.478 e. The van der Waals surface area contributed by atoms with Crippen molar-refractivity contribution in [3.05, 3.63) is 35.9 Å². The lowest BCUT2D eigenvalue weighted by Gasteiger charge is -2.03. The zero-order chi connectivity index (χ0) is 15.1. The fourth-order valence-corrected chi connectivity index (χ4v) is 2.23. The van der Waals surface area contributed by atoms with Gasteiger partial charge in [0.2, 0.25) is 0 Å². The molecule has 8 nitrogen and oxygen atoms in total. The van der Waals surface area contributed by atoms with E-state index in [4.69, 9.17) is 25.3 Å². The maximum Gasteiger partial charge on any atom is 0.478 e. The van der Waals surface area contributed by atoms with Gasteiger partial charge in [-0.05, 0) is 18.9 Å². The Kier molecular flexibility index (Phi) is 7.66. The van der Waals surface area contributed by atoms with E-state index in [9.17, 15) is 9.13 Å². The normalized spacial score (nSPS) is 13.4. The summed E-state index contributed by atoms with van der Waals surface area (Å²) in [7, 11) is -10.1. The van der Waals surface area contributed by atoms with Gasteiger partial charge in [-0.25, -0.2) is 9.13 Å². The van der Waals surface area contributed by atoms with Crippen LogP contribution in [-0.2, 0) is 19.9 Å². The summed E-state index contributed by atoms with van der Waals surface area (Å²) >= 11 is 0. The van der Waals surface area contributed by atoms with E-state index in [1.807, 2.05) is 25.1 Å². The molecule has 0 aliphatic heterocycles. The zero-order valence-corrected chi connectivity index (χ0v) is 11.9. The van der Waals surface area contributed by atoms with E-state index in [2.05, 4.69) is 16.4 Å². The van der Waals surface area contributed by atoms with Crippen LogP contribution in [0.1, 0.15) is 12.5 Å². The van der Waals surface area contributed by atoms with Gasteiger partial charge in [0.1, 0.15) is 0 Å². The third-order valence-electron chi connectivity index (χ3n) is 1.61. The smallest absolute Gasteiger partial charge is 0.328 e. The minimum absolute atomic E-state index is 0.266. The molecule has 1 unspecified atom stereocenters. The number of phosphoric acid groups is 2. The van der Waals surface area contributed by atoms with Gasteiger partial charge in [-0.15, -0.1) is 0 Å². The van der Waals surface area contributed by atoms with Gasteiger partial charge >= 0.3 is 15.6 Å². The highest BCUT2D eigenvalue weighted by Gasteiger charge is 2.27. The summed E-state index contributed by atoms with van der Waals surface area (Å²) in [6, 6.07) is 10.6. The zero-order valence-electron chi connectivity index (χ0n) is 10.2. The molecule has 1 aromatic rings. The SMILES string of the molecule is CC(N)Cc1ccccc1.O=P(O)(O)OP(=O)(O)O. The number of hydrogen-bond donors (Lipinski definition) is 5. The molecular weight excluding hydrogens is 296 g/mol. The minimum atomic E-state index is -5.05. The van der Waals surface area contributed by atoms with Crippen LogP contribution in [0.4, 0.5) is 0 Å². The van der Waals surface area contributed by atoms with E-state index in [1.165, 1.54) is 5.56 Å². The van der Waals surface area contributed by atoms with Crippen LogP contribution in [0.15, 0.2) is 30.3 Å². The van der Waals surface area contributed by atoms with Gasteiger partial charge in [-0.2, -0.15) is 4.31 Å². The summed E-state index contributed by atoms with van der Waals surface area (Å²) in [6.45, 7) is 2.02. The van der Waals surface area contributed by atoms with Crippen LogP contribution in [0.2, 0.25) is 0 Å². The first kappa shape index (κ1) is 18.4. The average molecular weight is 313 g/mol. The molecule has 1 atom stereocenters. The molecule has 0 amide bonds. The minimum Gasteiger partial charge on any atom is -0.328 e. The predicted octanol–water partition coefficient (Wildman–Crippen LogP) is 0.765. The average Bonchev–Trinajstić information content (AvgIpc) is 2.12. The first-order chi connectivity index (χ1) is 8.49. The first-order valence-corrected chi connectivity index (χ1v) is 8.17. The molecule has 0 aliphatic carbocycles. The topological polar surface area (TPSA) is 150 Å². The van der Waals surface area contributed by atoms with Crippen molar-refractivity contribution in [2.45, 2.75) is 19.4 Å². The van der Waals surface area contributed by atoms with Gasteiger partial charge in [0.15, 0.2) is 0 Å². The Labute approximate surface area is 110 Å². The molecule has 6 N–H and O–H groups in total. The van der Waals surface area contributed by atoms with Gasteiger partial charge in [-0.1, -0.05) is 30.3 Å². The van der Waals surface area contributed by atoms with Crippen molar-refractivity contribution in [2.24, 2.45) is 5.73 Å². The van der Waals surface area contributed by atoms with Crippen LogP contribution in [0.25, 0.3) is 0 Å². The fraction of sp³-hybridized carbons (Fsp3) is 0.333. The Balaban J connectivity index is 0.000000344. The summed E-state index contributed by atoms with van der Waals surface area (Å²) in [5, 5.41) is 0. The maximum atomic E-state index is 9.63. The molecule has 10 heteroatoms. The molecule has 1 aromatic carbocycles. The van der Waals surface area contributed by atoms with Crippen LogP contribution < -0.4 is 5.73 Å². The van der Waals surface area contributed by atoms with E-state index < -0.39 is 15.6 Å². The van der Waals surface area contributed by atoms with Crippen molar-refractivity contribution in [3.8, 4) is 0 Å². The Morgan fingerprint density at radius 2 is 1.53 bits per heavy atom. The third-order valence-corrected chi connectivity index (χ3v) is 3.32. The number of hydrogen-bond acceptors (Lipinski definition) is 4. The molecule has 0 fully saturated rings. The highest BCUT2D eigenvalue weighted by atomic mass is 31.3. The lowest BCUT2D eigenvalue weighted by Crippen LogP contribution is -2.17. The molecule has 0 heterocycles. The van der Waals surface area contributed by atoms with Gasteiger partial charge in [0, 0.05) is 6.04 Å². The highest BCUT2D eigenvalue weighted by Crippen LogP contribution is 2.53. The molecule has 0 radical (unpaired) electrons. The maximum absolute atomic E-state index is 9.63. The van der Waals surface area contributed by atoms with Crippen molar-refractivity contribution >= 4 is 15.6 Å². The molecule has 0 saturated heterocycles. The monoisotopic (exact) mass is 313 g/mol. The van der Waals surface area contributed by atoms with Crippen LogP contribution in [0.3, 0.4) is 0 Å². The lowest BCUT2D eigenvalue weighted by molar-refractivity contribution is 0.225. The predicted molar refractivity (Wildman–Crippen MR) is 69.0 cm³/mol. The molecule has 0 saturated carbocycles. The van der Waals surface area contributed by atoms with Crippen LogP contribution in [0.5, 0.6) is 0 Å². The van der Waals surface area contributed by atoms with E-state index in [0.29, 0.717) is 0 Å². The molecule has 0 aliphatic rings.